The van der Waals surface area contributed by atoms with E-state index in [1.807, 2.05) is 4.90 Å². The minimum absolute atomic E-state index is 0.0209. The summed E-state index contributed by atoms with van der Waals surface area (Å²) < 4.78 is 13.6. The van der Waals surface area contributed by atoms with Crippen molar-refractivity contribution in [2.45, 2.75) is 32.2 Å². The third-order valence-electron chi connectivity index (χ3n) is 3.87. The highest BCUT2D eigenvalue weighted by Crippen LogP contribution is 2.23. The summed E-state index contributed by atoms with van der Waals surface area (Å²) in [6, 6.07) is 6.54. The number of piperidine rings is 1. The van der Waals surface area contributed by atoms with Gasteiger partial charge in [0.15, 0.2) is 0 Å². The molecule has 0 aromatic heterocycles. The first-order valence-corrected chi connectivity index (χ1v) is 6.84. The lowest BCUT2D eigenvalue weighted by molar-refractivity contribution is -0.134. The second-order valence-corrected chi connectivity index (χ2v) is 5.37. The zero-order valence-electron chi connectivity index (χ0n) is 11.3. The van der Waals surface area contributed by atoms with Crippen LogP contribution in [0.4, 0.5) is 4.39 Å². The van der Waals surface area contributed by atoms with Crippen LogP contribution in [0.1, 0.15) is 25.3 Å². The molecule has 104 valence electrons. The highest BCUT2D eigenvalue weighted by atomic mass is 19.1. The Hall–Kier alpha value is -1.42. The zero-order chi connectivity index (χ0) is 13.8. The maximum Gasteiger partial charge on any atom is 0.227 e. The molecule has 1 amide bonds. The molecule has 1 aliphatic rings. The maximum absolute atomic E-state index is 13.6. The predicted octanol–water partition coefficient (Wildman–Crippen LogP) is 1.95. The summed E-state index contributed by atoms with van der Waals surface area (Å²) in [6.07, 6.45) is 2.07. The maximum atomic E-state index is 13.6. The molecular weight excluding hydrogens is 243 g/mol. The number of amides is 1. The SMILES string of the molecule is CC1CCN(C(=O)Cc2ccccc2F)C(CN)C1. The van der Waals surface area contributed by atoms with Gasteiger partial charge in [-0.3, -0.25) is 4.79 Å². The van der Waals surface area contributed by atoms with E-state index < -0.39 is 0 Å². The average Bonchev–Trinajstić information content (AvgIpc) is 2.41. The fourth-order valence-electron chi connectivity index (χ4n) is 2.71. The Balaban J connectivity index is 2.05. The summed E-state index contributed by atoms with van der Waals surface area (Å²) in [5, 5.41) is 0. The van der Waals surface area contributed by atoms with Crippen LogP contribution in [0.5, 0.6) is 0 Å². The van der Waals surface area contributed by atoms with E-state index in [1.54, 1.807) is 18.2 Å². The number of nitrogens with two attached hydrogens (primary N) is 1. The van der Waals surface area contributed by atoms with Gasteiger partial charge in [-0.25, -0.2) is 4.39 Å². The predicted molar refractivity (Wildman–Crippen MR) is 73.1 cm³/mol. The Morgan fingerprint density at radius 1 is 1.47 bits per heavy atom. The molecule has 0 spiro atoms. The fourth-order valence-corrected chi connectivity index (χ4v) is 2.71. The van der Waals surface area contributed by atoms with E-state index in [9.17, 15) is 9.18 Å². The first-order chi connectivity index (χ1) is 9.11. The third kappa shape index (κ3) is 3.32. The molecule has 2 atom stereocenters. The number of carbonyl (C=O) groups excluding carboxylic acids is 1. The highest BCUT2D eigenvalue weighted by molar-refractivity contribution is 5.79. The molecule has 1 fully saturated rings. The minimum atomic E-state index is -0.314. The number of carbonyl (C=O) groups is 1. The van der Waals surface area contributed by atoms with Crippen LogP contribution in [-0.2, 0) is 11.2 Å². The van der Waals surface area contributed by atoms with Crippen LogP contribution in [0.3, 0.4) is 0 Å². The van der Waals surface area contributed by atoms with Gasteiger partial charge in [0.2, 0.25) is 5.91 Å². The van der Waals surface area contributed by atoms with Crippen molar-refractivity contribution in [3.8, 4) is 0 Å². The number of rotatable bonds is 3. The van der Waals surface area contributed by atoms with E-state index >= 15 is 0 Å². The van der Waals surface area contributed by atoms with E-state index in [2.05, 4.69) is 6.92 Å². The van der Waals surface area contributed by atoms with Gasteiger partial charge in [0.05, 0.1) is 6.42 Å². The van der Waals surface area contributed by atoms with E-state index in [4.69, 9.17) is 5.73 Å². The summed E-state index contributed by atoms with van der Waals surface area (Å²) in [7, 11) is 0. The number of halogens is 1. The molecule has 2 rings (SSSR count). The Morgan fingerprint density at radius 2 is 2.21 bits per heavy atom. The van der Waals surface area contributed by atoms with Gasteiger partial charge in [-0.15, -0.1) is 0 Å². The first kappa shape index (κ1) is 14.0. The molecule has 0 radical (unpaired) electrons. The van der Waals surface area contributed by atoms with E-state index in [0.29, 0.717) is 18.0 Å². The Kier molecular flexibility index (Phi) is 4.53. The van der Waals surface area contributed by atoms with Crippen molar-refractivity contribution >= 4 is 5.91 Å². The number of nitrogens with zero attached hydrogens (tertiary/aromatic N) is 1. The average molecular weight is 264 g/mol. The van der Waals surface area contributed by atoms with Gasteiger partial charge >= 0.3 is 0 Å². The van der Waals surface area contributed by atoms with Crippen molar-refractivity contribution in [2.75, 3.05) is 13.1 Å². The number of hydrogen-bond acceptors (Lipinski definition) is 2. The quantitative estimate of drug-likeness (QED) is 0.907. The zero-order valence-corrected chi connectivity index (χ0v) is 11.3. The molecule has 1 aromatic rings. The Labute approximate surface area is 113 Å². The third-order valence-corrected chi connectivity index (χ3v) is 3.87. The molecule has 2 unspecified atom stereocenters. The molecule has 1 aromatic carbocycles. The van der Waals surface area contributed by atoms with Crippen LogP contribution in [0, 0.1) is 11.7 Å². The largest absolute Gasteiger partial charge is 0.338 e. The Morgan fingerprint density at radius 3 is 2.89 bits per heavy atom. The van der Waals surface area contributed by atoms with Crippen LogP contribution in [0.2, 0.25) is 0 Å². The minimum Gasteiger partial charge on any atom is -0.338 e. The summed E-state index contributed by atoms with van der Waals surface area (Å²) in [5.41, 5.74) is 6.21. The lowest BCUT2D eigenvalue weighted by atomic mass is 9.92. The summed E-state index contributed by atoms with van der Waals surface area (Å²) in [4.78, 5) is 14.1. The monoisotopic (exact) mass is 264 g/mol. The molecule has 0 bridgehead atoms. The first-order valence-electron chi connectivity index (χ1n) is 6.84. The summed E-state index contributed by atoms with van der Waals surface area (Å²) in [5.74, 6) is 0.268. The molecule has 0 saturated carbocycles. The van der Waals surface area contributed by atoms with E-state index in [-0.39, 0.29) is 24.2 Å². The van der Waals surface area contributed by atoms with Gasteiger partial charge in [0.1, 0.15) is 5.82 Å². The van der Waals surface area contributed by atoms with Gasteiger partial charge in [0.25, 0.3) is 0 Å². The van der Waals surface area contributed by atoms with Crippen molar-refractivity contribution in [3.63, 3.8) is 0 Å². The summed E-state index contributed by atoms with van der Waals surface area (Å²) >= 11 is 0. The van der Waals surface area contributed by atoms with Gasteiger partial charge < -0.3 is 10.6 Å². The van der Waals surface area contributed by atoms with Gasteiger partial charge in [0, 0.05) is 19.1 Å². The lowest BCUT2D eigenvalue weighted by Crippen LogP contribution is -2.49. The van der Waals surface area contributed by atoms with Crippen LogP contribution < -0.4 is 5.73 Å². The summed E-state index contributed by atoms with van der Waals surface area (Å²) in [6.45, 7) is 3.39. The smallest absolute Gasteiger partial charge is 0.227 e. The van der Waals surface area contributed by atoms with Crippen LogP contribution in [-0.4, -0.2) is 29.9 Å². The molecule has 3 nitrogen and oxygen atoms in total. The molecule has 19 heavy (non-hydrogen) atoms. The van der Waals surface area contributed by atoms with Crippen LogP contribution in [0.25, 0.3) is 0 Å². The van der Waals surface area contributed by atoms with Gasteiger partial charge in [-0.1, -0.05) is 25.1 Å². The van der Waals surface area contributed by atoms with Gasteiger partial charge in [-0.2, -0.15) is 0 Å². The molecule has 2 N–H and O–H groups in total. The molecule has 4 heteroatoms. The van der Waals surface area contributed by atoms with E-state index in [0.717, 1.165) is 19.4 Å². The van der Waals surface area contributed by atoms with Crippen molar-refractivity contribution in [2.24, 2.45) is 11.7 Å². The van der Waals surface area contributed by atoms with E-state index in [1.165, 1.54) is 6.07 Å². The van der Waals surface area contributed by atoms with Crippen molar-refractivity contribution in [1.82, 2.24) is 4.90 Å². The Bertz CT molecular complexity index is 450. The van der Waals surface area contributed by atoms with Crippen LogP contribution in [0.15, 0.2) is 24.3 Å². The van der Waals surface area contributed by atoms with Crippen LogP contribution >= 0.6 is 0 Å². The highest BCUT2D eigenvalue weighted by Gasteiger charge is 2.28. The molecule has 1 aliphatic heterocycles. The van der Waals surface area contributed by atoms with Crippen molar-refractivity contribution in [1.29, 1.82) is 0 Å². The molecule has 0 aliphatic carbocycles. The lowest BCUT2D eigenvalue weighted by Gasteiger charge is -2.38. The standard InChI is InChI=1S/C15H21FN2O/c1-11-6-7-18(13(8-11)10-17)15(19)9-12-4-2-3-5-14(12)16/h2-5,11,13H,6-10,17H2,1H3. The van der Waals surface area contributed by atoms with Crippen molar-refractivity contribution in [3.05, 3.63) is 35.6 Å². The van der Waals surface area contributed by atoms with Crippen molar-refractivity contribution < 1.29 is 9.18 Å². The fraction of sp³-hybridized carbons (Fsp3) is 0.533. The number of likely N-dealkylation sites (tertiary alicyclic amines) is 1. The number of benzene rings is 1. The molecular formula is C15H21FN2O. The topological polar surface area (TPSA) is 46.3 Å². The normalized spacial score (nSPS) is 23.4. The molecule has 1 saturated heterocycles. The number of hydrogen-bond donors (Lipinski definition) is 1. The van der Waals surface area contributed by atoms with Gasteiger partial charge in [-0.05, 0) is 30.4 Å². The molecule has 1 heterocycles. The second-order valence-electron chi connectivity index (χ2n) is 5.37. The second kappa shape index (κ2) is 6.15.